The van der Waals surface area contributed by atoms with E-state index >= 15 is 0 Å². The van der Waals surface area contributed by atoms with Crippen LogP contribution >= 0.6 is 0 Å². The zero-order valence-corrected chi connectivity index (χ0v) is 12.9. The molecule has 3 rings (SSSR count). The van der Waals surface area contributed by atoms with Crippen molar-refractivity contribution in [3.63, 3.8) is 0 Å². The Morgan fingerprint density at radius 3 is 2.57 bits per heavy atom. The number of carbonyl (C=O) groups is 1. The van der Waals surface area contributed by atoms with Gasteiger partial charge in [-0.1, -0.05) is 25.5 Å². The average molecular weight is 315 g/mol. The molecule has 0 atom stereocenters. The molecule has 5 heteroatoms. The number of benzene rings is 2. The van der Waals surface area contributed by atoms with Gasteiger partial charge in [0.2, 0.25) is 12.7 Å². The highest BCUT2D eigenvalue weighted by Gasteiger charge is 2.18. The van der Waals surface area contributed by atoms with E-state index in [0.717, 1.165) is 29.7 Å². The van der Waals surface area contributed by atoms with Crippen LogP contribution in [0, 0.1) is 5.82 Å². The third-order valence-corrected chi connectivity index (χ3v) is 3.67. The summed E-state index contributed by atoms with van der Waals surface area (Å²) in [6.07, 6.45) is 1.99. The summed E-state index contributed by atoms with van der Waals surface area (Å²) in [5.74, 6) is 0.898. The molecule has 0 aromatic heterocycles. The number of fused-ring (bicyclic) bond motifs is 1. The number of hydrogen-bond donors (Lipinski definition) is 1. The first-order valence-corrected chi connectivity index (χ1v) is 7.62. The Morgan fingerprint density at radius 2 is 1.87 bits per heavy atom. The summed E-state index contributed by atoms with van der Waals surface area (Å²) in [4.78, 5) is 12.2. The Balaban J connectivity index is 1.75. The Morgan fingerprint density at radius 1 is 1.17 bits per heavy atom. The van der Waals surface area contributed by atoms with Crippen LogP contribution in [0.5, 0.6) is 11.5 Å². The molecule has 2 aromatic carbocycles. The van der Waals surface area contributed by atoms with Crippen molar-refractivity contribution in [1.29, 1.82) is 0 Å². The fourth-order valence-electron chi connectivity index (χ4n) is 2.56. The van der Waals surface area contributed by atoms with Gasteiger partial charge >= 0.3 is 0 Å². The summed E-state index contributed by atoms with van der Waals surface area (Å²) in [5.41, 5.74) is 2.52. The number of halogens is 1. The van der Waals surface area contributed by atoms with Crippen LogP contribution in [0.3, 0.4) is 0 Å². The average Bonchev–Trinajstić information content (AvgIpc) is 2.97. The van der Waals surface area contributed by atoms with E-state index in [1.807, 2.05) is 6.07 Å². The fourth-order valence-corrected chi connectivity index (χ4v) is 2.56. The number of ether oxygens (including phenoxy) is 2. The van der Waals surface area contributed by atoms with Crippen molar-refractivity contribution >= 4 is 11.6 Å². The molecule has 0 bridgehead atoms. The first-order valence-electron chi connectivity index (χ1n) is 7.62. The van der Waals surface area contributed by atoms with Gasteiger partial charge in [-0.05, 0) is 35.7 Å². The topological polar surface area (TPSA) is 47.6 Å². The van der Waals surface area contributed by atoms with Crippen molar-refractivity contribution in [2.24, 2.45) is 0 Å². The smallest absolute Gasteiger partial charge is 0.231 e. The molecule has 23 heavy (non-hydrogen) atoms. The van der Waals surface area contributed by atoms with Crippen LogP contribution in [0.1, 0.15) is 24.5 Å². The lowest BCUT2D eigenvalue weighted by atomic mass is 10.1. The minimum atomic E-state index is -0.310. The van der Waals surface area contributed by atoms with Crippen molar-refractivity contribution in [3.8, 4) is 11.5 Å². The zero-order chi connectivity index (χ0) is 16.2. The molecule has 1 heterocycles. The molecule has 0 radical (unpaired) electrons. The molecule has 0 spiro atoms. The predicted molar refractivity (Wildman–Crippen MR) is 85.3 cm³/mol. The predicted octanol–water partition coefficient (Wildman–Crippen LogP) is 3.69. The zero-order valence-electron chi connectivity index (χ0n) is 12.9. The molecule has 4 nitrogen and oxygen atoms in total. The van der Waals surface area contributed by atoms with Gasteiger partial charge < -0.3 is 14.8 Å². The number of amides is 1. The summed E-state index contributed by atoms with van der Waals surface area (Å²) in [7, 11) is 0. The molecule has 0 aliphatic carbocycles. The SMILES string of the molecule is CCCc1cc2c(cc1NC(=O)Cc1ccc(F)cc1)OCO2. The van der Waals surface area contributed by atoms with E-state index in [1.165, 1.54) is 12.1 Å². The summed E-state index contributed by atoms with van der Waals surface area (Å²) in [6.45, 7) is 2.28. The number of carbonyl (C=O) groups excluding carboxylic acids is 1. The number of rotatable bonds is 5. The maximum Gasteiger partial charge on any atom is 0.231 e. The highest BCUT2D eigenvalue weighted by molar-refractivity contribution is 5.93. The van der Waals surface area contributed by atoms with Crippen LogP contribution in [0.2, 0.25) is 0 Å². The van der Waals surface area contributed by atoms with Crippen LogP contribution in [0.15, 0.2) is 36.4 Å². The maximum absolute atomic E-state index is 12.9. The molecule has 0 unspecified atom stereocenters. The van der Waals surface area contributed by atoms with Crippen LogP contribution in [0.25, 0.3) is 0 Å². The minimum absolute atomic E-state index is 0.146. The van der Waals surface area contributed by atoms with Crippen LogP contribution in [-0.2, 0) is 17.6 Å². The van der Waals surface area contributed by atoms with Gasteiger partial charge in [-0.2, -0.15) is 0 Å². The molecule has 0 saturated carbocycles. The second-order valence-corrected chi connectivity index (χ2v) is 5.46. The minimum Gasteiger partial charge on any atom is -0.454 e. The number of anilines is 1. The van der Waals surface area contributed by atoms with Crippen molar-refractivity contribution in [2.75, 3.05) is 12.1 Å². The van der Waals surface area contributed by atoms with Crippen molar-refractivity contribution < 1.29 is 18.7 Å². The molecule has 2 aromatic rings. The lowest BCUT2D eigenvalue weighted by Crippen LogP contribution is -2.15. The fraction of sp³-hybridized carbons (Fsp3) is 0.278. The Labute approximate surface area is 134 Å². The van der Waals surface area contributed by atoms with Gasteiger partial charge in [0.15, 0.2) is 11.5 Å². The molecule has 120 valence electrons. The van der Waals surface area contributed by atoms with E-state index in [1.54, 1.807) is 18.2 Å². The number of nitrogens with one attached hydrogen (secondary N) is 1. The third kappa shape index (κ3) is 3.62. The third-order valence-electron chi connectivity index (χ3n) is 3.67. The molecule has 0 fully saturated rings. The van der Waals surface area contributed by atoms with Crippen LogP contribution in [-0.4, -0.2) is 12.7 Å². The Bertz CT molecular complexity index is 713. The second-order valence-electron chi connectivity index (χ2n) is 5.46. The standard InChI is InChI=1S/C18H18FNO3/c1-2-3-13-9-16-17(23-11-22-16)10-15(13)20-18(21)8-12-4-6-14(19)7-5-12/h4-7,9-10H,2-3,8,11H2,1H3,(H,20,21). The Hall–Kier alpha value is -2.56. The molecule has 1 N–H and O–H groups in total. The van der Waals surface area contributed by atoms with E-state index in [9.17, 15) is 9.18 Å². The molecule has 1 aliphatic rings. The van der Waals surface area contributed by atoms with E-state index in [2.05, 4.69) is 12.2 Å². The molecular weight excluding hydrogens is 297 g/mol. The quantitative estimate of drug-likeness (QED) is 0.915. The lowest BCUT2D eigenvalue weighted by Gasteiger charge is -2.12. The van der Waals surface area contributed by atoms with Gasteiger partial charge in [-0.25, -0.2) is 4.39 Å². The Kier molecular flexibility index (Phi) is 4.46. The van der Waals surface area contributed by atoms with Crippen LogP contribution < -0.4 is 14.8 Å². The van der Waals surface area contributed by atoms with Gasteiger partial charge in [0.1, 0.15) is 5.82 Å². The normalized spacial score (nSPS) is 12.3. The summed E-state index contributed by atoms with van der Waals surface area (Å²) in [5, 5.41) is 2.92. The number of aryl methyl sites for hydroxylation is 1. The van der Waals surface area contributed by atoms with Crippen LogP contribution in [0.4, 0.5) is 10.1 Å². The first-order chi connectivity index (χ1) is 11.2. The van der Waals surface area contributed by atoms with Gasteiger partial charge in [-0.3, -0.25) is 4.79 Å². The van der Waals surface area contributed by atoms with Gasteiger partial charge in [-0.15, -0.1) is 0 Å². The summed E-state index contributed by atoms with van der Waals surface area (Å²) >= 11 is 0. The highest BCUT2D eigenvalue weighted by atomic mass is 19.1. The highest BCUT2D eigenvalue weighted by Crippen LogP contribution is 2.37. The second kappa shape index (κ2) is 6.69. The monoisotopic (exact) mass is 315 g/mol. The lowest BCUT2D eigenvalue weighted by molar-refractivity contribution is -0.115. The summed E-state index contributed by atoms with van der Waals surface area (Å²) in [6, 6.07) is 9.65. The first kappa shape index (κ1) is 15.3. The largest absolute Gasteiger partial charge is 0.454 e. The molecule has 0 saturated heterocycles. The van der Waals surface area contributed by atoms with Crippen molar-refractivity contribution in [2.45, 2.75) is 26.2 Å². The van der Waals surface area contributed by atoms with E-state index < -0.39 is 0 Å². The molecular formula is C18H18FNO3. The van der Waals surface area contributed by atoms with Gasteiger partial charge in [0.05, 0.1) is 6.42 Å². The van der Waals surface area contributed by atoms with Gasteiger partial charge in [0.25, 0.3) is 0 Å². The maximum atomic E-state index is 12.9. The van der Waals surface area contributed by atoms with E-state index in [0.29, 0.717) is 11.5 Å². The van der Waals surface area contributed by atoms with Gasteiger partial charge in [0, 0.05) is 11.8 Å². The molecule has 1 amide bonds. The summed E-state index contributed by atoms with van der Waals surface area (Å²) < 4.78 is 23.7. The van der Waals surface area contributed by atoms with Crippen molar-refractivity contribution in [3.05, 3.63) is 53.3 Å². The number of hydrogen-bond acceptors (Lipinski definition) is 3. The van der Waals surface area contributed by atoms with E-state index in [4.69, 9.17) is 9.47 Å². The van der Waals surface area contributed by atoms with E-state index in [-0.39, 0.29) is 24.9 Å². The van der Waals surface area contributed by atoms with Crippen molar-refractivity contribution in [1.82, 2.24) is 0 Å². The molecule has 1 aliphatic heterocycles.